The van der Waals surface area contributed by atoms with Crippen LogP contribution in [0.25, 0.3) is 5.69 Å². The van der Waals surface area contributed by atoms with Crippen LogP contribution in [0.15, 0.2) is 78.9 Å². The van der Waals surface area contributed by atoms with Crippen LogP contribution in [0.2, 0.25) is 0 Å². The number of nitrogens with one attached hydrogen (secondary N) is 1. The third-order valence-corrected chi connectivity index (χ3v) is 4.17. The first-order valence-corrected chi connectivity index (χ1v) is 8.69. The average molecular weight is 362 g/mol. The smallest absolute Gasteiger partial charge is 0.280 e. The Kier molecular flexibility index (Phi) is 4.44. The lowest BCUT2D eigenvalue weighted by atomic mass is 10.3. The lowest BCUT2D eigenvalue weighted by molar-refractivity contribution is -0.709. The number of para-hydroxylation sites is 5. The third-order valence-electron chi connectivity index (χ3n) is 3.58. The second-order valence-corrected chi connectivity index (χ2v) is 6.11. The van der Waals surface area contributed by atoms with Gasteiger partial charge >= 0.3 is 0 Å². The topological polar surface area (TPSA) is 74.0 Å². The van der Waals surface area contributed by atoms with Crippen molar-refractivity contribution in [1.82, 2.24) is 9.59 Å². The first-order chi connectivity index (χ1) is 12.8. The van der Waals surface area contributed by atoms with Crippen molar-refractivity contribution in [1.29, 1.82) is 0 Å². The zero-order valence-electron chi connectivity index (χ0n) is 13.6. The molecule has 0 radical (unpaired) electrons. The molecule has 0 fully saturated rings. The molecule has 128 valence electrons. The van der Waals surface area contributed by atoms with Gasteiger partial charge in [-0.1, -0.05) is 54.3 Å². The van der Waals surface area contributed by atoms with Crippen LogP contribution >= 0.6 is 11.5 Å². The van der Waals surface area contributed by atoms with Crippen molar-refractivity contribution in [3.05, 3.63) is 78.9 Å². The van der Waals surface area contributed by atoms with Gasteiger partial charge in [-0.15, -0.1) is 0 Å². The highest BCUT2D eigenvalue weighted by atomic mass is 32.1. The van der Waals surface area contributed by atoms with Gasteiger partial charge in [0.2, 0.25) is 0 Å². The molecule has 0 bridgehead atoms. The van der Waals surface area contributed by atoms with E-state index in [-0.39, 0.29) is 11.5 Å². The molecule has 0 amide bonds. The maximum Gasteiger partial charge on any atom is 0.280 e. The number of nitrogens with zero attached hydrogens (tertiary/aromatic N) is 3. The summed E-state index contributed by atoms with van der Waals surface area (Å²) in [7, 11) is 0. The molecule has 0 saturated heterocycles. The van der Waals surface area contributed by atoms with Crippen LogP contribution in [0.5, 0.6) is 17.2 Å². The molecule has 0 spiro atoms. The van der Waals surface area contributed by atoms with E-state index in [1.807, 2.05) is 48.5 Å². The van der Waals surface area contributed by atoms with Crippen molar-refractivity contribution in [3.8, 4) is 22.9 Å². The van der Waals surface area contributed by atoms with Crippen LogP contribution in [0.1, 0.15) is 0 Å². The van der Waals surface area contributed by atoms with E-state index in [4.69, 9.17) is 4.74 Å². The van der Waals surface area contributed by atoms with Gasteiger partial charge in [0.1, 0.15) is 10.2 Å². The molecule has 1 aromatic heterocycles. The molecule has 6 nitrogen and oxygen atoms in total. The van der Waals surface area contributed by atoms with Crippen molar-refractivity contribution in [2.45, 2.75) is 0 Å². The van der Waals surface area contributed by atoms with Crippen LogP contribution in [-0.2, 0) is 0 Å². The van der Waals surface area contributed by atoms with Gasteiger partial charge in [-0.3, -0.25) is 0 Å². The zero-order valence-corrected chi connectivity index (χ0v) is 14.4. The van der Waals surface area contributed by atoms with E-state index in [9.17, 15) is 5.11 Å². The molecule has 0 unspecified atom stereocenters. The fourth-order valence-electron chi connectivity index (χ4n) is 2.34. The third kappa shape index (κ3) is 3.47. The highest BCUT2D eigenvalue weighted by Gasteiger charge is 2.16. The standard InChI is InChI=1S/C19H14N4O2S/c24-16-11-5-7-13-18(16)25-17-12-6-4-10-15(17)20-19-21-23(22-26-19)14-8-2-1-3-9-14/h1-13H,(H-,20,21,22,24). The molecule has 7 heteroatoms. The van der Waals surface area contributed by atoms with E-state index in [0.29, 0.717) is 16.6 Å². The lowest BCUT2D eigenvalue weighted by Crippen LogP contribution is -2.35. The van der Waals surface area contributed by atoms with Gasteiger partial charge in [0.25, 0.3) is 10.8 Å². The molecule has 0 saturated carbocycles. The molecule has 0 aliphatic rings. The SMILES string of the molecule is [O-]c1ccccc1Oc1ccccc1Nc1n[n+](-c2ccccc2)ns1. The number of hydrogen-bond acceptors (Lipinski definition) is 6. The Bertz CT molecular complexity index is 1020. The summed E-state index contributed by atoms with van der Waals surface area (Å²) in [5.41, 5.74) is 1.58. The fraction of sp³-hybridized carbons (Fsp3) is 0. The maximum atomic E-state index is 11.9. The van der Waals surface area contributed by atoms with Gasteiger partial charge in [0.05, 0.1) is 27.1 Å². The molecule has 4 aromatic rings. The molecule has 26 heavy (non-hydrogen) atoms. The largest absolute Gasteiger partial charge is 0.870 e. The minimum Gasteiger partial charge on any atom is -0.870 e. The molecule has 0 aliphatic carbocycles. The highest BCUT2D eigenvalue weighted by Crippen LogP contribution is 2.34. The minimum absolute atomic E-state index is 0.167. The second-order valence-electron chi connectivity index (χ2n) is 5.37. The predicted molar refractivity (Wildman–Crippen MR) is 97.1 cm³/mol. The summed E-state index contributed by atoms with van der Waals surface area (Å²) in [6.45, 7) is 0. The molecular formula is C19H14N4O2S. The zero-order chi connectivity index (χ0) is 17.8. The van der Waals surface area contributed by atoms with E-state index >= 15 is 0 Å². The predicted octanol–water partition coefficient (Wildman–Crippen LogP) is 3.42. The molecule has 0 atom stereocenters. The number of ether oxygens (including phenoxy) is 1. The number of rotatable bonds is 5. The summed E-state index contributed by atoms with van der Waals surface area (Å²) in [5.74, 6) is 0.649. The van der Waals surface area contributed by atoms with E-state index in [0.717, 1.165) is 5.69 Å². The summed E-state index contributed by atoms with van der Waals surface area (Å²) in [6.07, 6.45) is 0. The lowest BCUT2D eigenvalue weighted by Gasteiger charge is -2.15. The van der Waals surface area contributed by atoms with Crippen LogP contribution < -0.4 is 20.0 Å². The van der Waals surface area contributed by atoms with E-state index in [1.54, 1.807) is 29.1 Å². The van der Waals surface area contributed by atoms with Crippen LogP contribution in [0.3, 0.4) is 0 Å². The molecule has 1 heterocycles. The molecular weight excluding hydrogens is 348 g/mol. The van der Waals surface area contributed by atoms with Crippen molar-refractivity contribution in [3.63, 3.8) is 0 Å². The van der Waals surface area contributed by atoms with Crippen molar-refractivity contribution in [2.75, 3.05) is 5.32 Å². The fourth-order valence-corrected chi connectivity index (χ4v) is 2.90. The molecule has 1 N–H and O–H groups in total. The van der Waals surface area contributed by atoms with E-state index in [2.05, 4.69) is 14.9 Å². The Morgan fingerprint density at radius 1 is 0.846 bits per heavy atom. The Morgan fingerprint density at radius 2 is 1.54 bits per heavy atom. The Balaban J connectivity index is 1.58. The summed E-state index contributed by atoms with van der Waals surface area (Å²) in [4.78, 5) is 1.56. The van der Waals surface area contributed by atoms with Crippen LogP contribution in [0.4, 0.5) is 10.8 Å². The highest BCUT2D eigenvalue weighted by molar-refractivity contribution is 7.09. The quantitative estimate of drug-likeness (QED) is 0.551. The summed E-state index contributed by atoms with van der Waals surface area (Å²) in [5, 5.41) is 20.1. The van der Waals surface area contributed by atoms with Gasteiger partial charge in [-0.2, -0.15) is 0 Å². The second kappa shape index (κ2) is 7.20. The Labute approximate surface area is 154 Å². The van der Waals surface area contributed by atoms with Crippen molar-refractivity contribution in [2.24, 2.45) is 0 Å². The van der Waals surface area contributed by atoms with Gasteiger partial charge < -0.3 is 15.2 Å². The van der Waals surface area contributed by atoms with Crippen molar-refractivity contribution < 1.29 is 14.6 Å². The van der Waals surface area contributed by atoms with Crippen LogP contribution in [-0.4, -0.2) is 9.59 Å². The van der Waals surface area contributed by atoms with Crippen molar-refractivity contribution >= 4 is 22.4 Å². The average Bonchev–Trinajstić information content (AvgIpc) is 3.14. The van der Waals surface area contributed by atoms with Gasteiger partial charge in [0.15, 0.2) is 5.75 Å². The summed E-state index contributed by atoms with van der Waals surface area (Å²) < 4.78 is 10.1. The van der Waals surface area contributed by atoms with Crippen LogP contribution in [0, 0.1) is 0 Å². The van der Waals surface area contributed by atoms with Gasteiger partial charge in [-0.05, 0) is 18.2 Å². The Morgan fingerprint density at radius 3 is 2.35 bits per heavy atom. The Hall–Kier alpha value is -3.45. The summed E-state index contributed by atoms with van der Waals surface area (Å²) >= 11 is 1.23. The van der Waals surface area contributed by atoms with E-state index in [1.165, 1.54) is 17.6 Å². The normalized spacial score (nSPS) is 10.5. The number of hydrogen-bond donors (Lipinski definition) is 1. The minimum atomic E-state index is -0.167. The van der Waals surface area contributed by atoms with E-state index < -0.39 is 0 Å². The van der Waals surface area contributed by atoms with Gasteiger partial charge in [0, 0.05) is 12.1 Å². The molecule has 3 aromatic carbocycles. The number of aromatic nitrogens is 3. The summed E-state index contributed by atoms with van der Waals surface area (Å²) in [6, 6.07) is 23.6. The first-order valence-electron chi connectivity index (χ1n) is 7.91. The molecule has 0 aliphatic heterocycles. The maximum absolute atomic E-state index is 11.9. The number of benzene rings is 3. The first kappa shape index (κ1) is 16.0. The number of anilines is 2. The monoisotopic (exact) mass is 362 g/mol. The van der Waals surface area contributed by atoms with Gasteiger partial charge in [-0.25, -0.2) is 0 Å². The molecule has 4 rings (SSSR count).